The highest BCUT2D eigenvalue weighted by molar-refractivity contribution is 7.99. The number of hydrogen-bond acceptors (Lipinski definition) is 3. The zero-order valence-corrected chi connectivity index (χ0v) is 10.4. The van der Waals surface area contributed by atoms with Crippen LogP contribution >= 0.6 is 23.4 Å². The molecular formula is C11H16ClNOS. The van der Waals surface area contributed by atoms with Crippen molar-refractivity contribution in [2.75, 3.05) is 18.9 Å². The maximum absolute atomic E-state index is 5.80. The van der Waals surface area contributed by atoms with E-state index in [1.54, 1.807) is 11.8 Å². The van der Waals surface area contributed by atoms with Gasteiger partial charge < -0.3 is 10.5 Å². The highest BCUT2D eigenvalue weighted by Gasteiger charge is 2.06. The molecule has 0 spiro atoms. The van der Waals surface area contributed by atoms with E-state index >= 15 is 0 Å². The highest BCUT2D eigenvalue weighted by atomic mass is 35.5. The van der Waals surface area contributed by atoms with Crippen molar-refractivity contribution in [3.8, 4) is 0 Å². The molecule has 0 aliphatic carbocycles. The summed E-state index contributed by atoms with van der Waals surface area (Å²) < 4.78 is 5.46. The summed E-state index contributed by atoms with van der Waals surface area (Å²) in [4.78, 5) is 1.19. The van der Waals surface area contributed by atoms with Crippen molar-refractivity contribution >= 4 is 23.4 Å². The number of nitrogens with two attached hydrogens (primary N) is 1. The molecule has 0 fully saturated rings. The molecule has 84 valence electrons. The summed E-state index contributed by atoms with van der Waals surface area (Å²) in [5, 5.41) is 0.763. The van der Waals surface area contributed by atoms with Gasteiger partial charge in [0.25, 0.3) is 0 Å². The third-order valence-corrected chi connectivity index (χ3v) is 3.31. The molecule has 1 rings (SSSR count). The first-order valence-electron chi connectivity index (χ1n) is 4.96. The van der Waals surface area contributed by atoms with E-state index in [0.717, 1.165) is 10.8 Å². The molecule has 1 aromatic carbocycles. The smallest absolute Gasteiger partial charge is 0.0790 e. The van der Waals surface area contributed by atoms with E-state index in [-0.39, 0.29) is 6.10 Å². The fourth-order valence-electron chi connectivity index (χ4n) is 1.14. The van der Waals surface area contributed by atoms with Gasteiger partial charge in [-0.15, -0.1) is 11.8 Å². The number of benzene rings is 1. The van der Waals surface area contributed by atoms with Crippen LogP contribution in [-0.2, 0) is 4.74 Å². The second-order valence-electron chi connectivity index (χ2n) is 3.08. The minimum absolute atomic E-state index is 0.135. The molecule has 0 aliphatic heterocycles. The van der Waals surface area contributed by atoms with E-state index in [9.17, 15) is 0 Å². The fraction of sp³-hybridized carbons (Fsp3) is 0.455. The second-order valence-corrected chi connectivity index (χ2v) is 4.61. The summed E-state index contributed by atoms with van der Waals surface area (Å²) in [5.74, 6) is 0.881. The number of ether oxygens (including phenoxy) is 1. The van der Waals surface area contributed by atoms with Crippen LogP contribution in [0.25, 0.3) is 0 Å². The minimum atomic E-state index is 0.135. The Hall–Kier alpha value is -0.220. The van der Waals surface area contributed by atoms with Gasteiger partial charge in [0.1, 0.15) is 0 Å². The van der Waals surface area contributed by atoms with Gasteiger partial charge in [0.2, 0.25) is 0 Å². The van der Waals surface area contributed by atoms with Gasteiger partial charge in [-0.2, -0.15) is 0 Å². The first-order chi connectivity index (χ1) is 7.26. The third-order valence-electron chi connectivity index (χ3n) is 1.91. The number of rotatable bonds is 6. The molecule has 15 heavy (non-hydrogen) atoms. The van der Waals surface area contributed by atoms with Crippen molar-refractivity contribution in [1.82, 2.24) is 0 Å². The molecule has 1 unspecified atom stereocenters. The predicted molar refractivity (Wildman–Crippen MR) is 66.6 cm³/mol. The van der Waals surface area contributed by atoms with Gasteiger partial charge in [-0.25, -0.2) is 0 Å². The molecule has 2 N–H and O–H groups in total. The molecule has 1 atom stereocenters. The second kappa shape index (κ2) is 7.12. The average Bonchev–Trinajstić information content (AvgIpc) is 2.26. The monoisotopic (exact) mass is 245 g/mol. The topological polar surface area (TPSA) is 35.2 Å². The minimum Gasteiger partial charge on any atom is -0.376 e. The van der Waals surface area contributed by atoms with E-state index in [1.807, 2.05) is 31.2 Å². The lowest BCUT2D eigenvalue weighted by Crippen LogP contribution is -2.26. The summed E-state index contributed by atoms with van der Waals surface area (Å²) in [7, 11) is 0. The molecule has 0 aromatic heterocycles. The third kappa shape index (κ3) is 4.89. The van der Waals surface area contributed by atoms with Crippen LogP contribution < -0.4 is 5.73 Å². The van der Waals surface area contributed by atoms with Gasteiger partial charge in [0.15, 0.2) is 0 Å². The number of thioether (sulfide) groups is 1. The fourth-order valence-corrected chi connectivity index (χ4v) is 2.21. The standard InChI is InChI=1S/C11H16ClNOS/c1-2-14-10(7-13)8-15-11-5-3-9(12)4-6-11/h3-6,10H,2,7-8,13H2,1H3. The number of halogens is 1. The van der Waals surface area contributed by atoms with Crippen molar-refractivity contribution in [3.63, 3.8) is 0 Å². The lowest BCUT2D eigenvalue weighted by Gasteiger charge is -2.13. The molecule has 0 saturated heterocycles. The predicted octanol–water partition coefficient (Wildman–Crippen LogP) is 2.80. The zero-order chi connectivity index (χ0) is 11.1. The van der Waals surface area contributed by atoms with Gasteiger partial charge in [-0.1, -0.05) is 11.6 Å². The summed E-state index contributed by atoms with van der Waals surface area (Å²) in [5.41, 5.74) is 5.59. The van der Waals surface area contributed by atoms with Crippen LogP contribution in [0, 0.1) is 0 Å². The van der Waals surface area contributed by atoms with Gasteiger partial charge in [-0.05, 0) is 31.2 Å². The van der Waals surface area contributed by atoms with E-state index in [4.69, 9.17) is 22.1 Å². The Morgan fingerprint density at radius 3 is 2.60 bits per heavy atom. The van der Waals surface area contributed by atoms with Crippen molar-refractivity contribution in [2.45, 2.75) is 17.9 Å². The van der Waals surface area contributed by atoms with Crippen molar-refractivity contribution < 1.29 is 4.74 Å². The summed E-state index contributed by atoms with van der Waals surface area (Å²) in [6.07, 6.45) is 0.135. The zero-order valence-electron chi connectivity index (χ0n) is 8.78. The van der Waals surface area contributed by atoms with E-state index in [0.29, 0.717) is 13.2 Å². The maximum atomic E-state index is 5.80. The van der Waals surface area contributed by atoms with Crippen LogP contribution in [-0.4, -0.2) is 25.0 Å². The molecule has 0 saturated carbocycles. The molecule has 0 amide bonds. The van der Waals surface area contributed by atoms with Crippen LogP contribution in [0.1, 0.15) is 6.92 Å². The first kappa shape index (κ1) is 12.8. The molecule has 4 heteroatoms. The van der Waals surface area contributed by atoms with Crippen LogP contribution in [0.3, 0.4) is 0 Å². The largest absolute Gasteiger partial charge is 0.376 e. The summed E-state index contributed by atoms with van der Waals surface area (Å²) in [6.45, 7) is 3.26. The SMILES string of the molecule is CCOC(CN)CSc1ccc(Cl)cc1. The Balaban J connectivity index is 2.38. The van der Waals surface area contributed by atoms with Gasteiger partial charge >= 0.3 is 0 Å². The van der Waals surface area contributed by atoms with E-state index < -0.39 is 0 Å². The summed E-state index contributed by atoms with van der Waals surface area (Å²) >= 11 is 7.54. The van der Waals surface area contributed by atoms with Crippen LogP contribution in [0.5, 0.6) is 0 Å². The lowest BCUT2D eigenvalue weighted by molar-refractivity contribution is 0.0858. The summed E-state index contributed by atoms with van der Waals surface area (Å²) in [6, 6.07) is 7.79. The van der Waals surface area contributed by atoms with Crippen molar-refractivity contribution in [2.24, 2.45) is 5.73 Å². The molecule has 0 aliphatic rings. The Bertz CT molecular complexity index is 278. The molecule has 2 nitrogen and oxygen atoms in total. The average molecular weight is 246 g/mol. The Morgan fingerprint density at radius 2 is 2.07 bits per heavy atom. The maximum Gasteiger partial charge on any atom is 0.0790 e. The molecule has 1 aromatic rings. The van der Waals surface area contributed by atoms with Crippen molar-refractivity contribution in [3.05, 3.63) is 29.3 Å². The first-order valence-corrected chi connectivity index (χ1v) is 6.32. The van der Waals surface area contributed by atoms with Gasteiger partial charge in [0.05, 0.1) is 6.10 Å². The Morgan fingerprint density at radius 1 is 1.40 bits per heavy atom. The molecule has 0 heterocycles. The van der Waals surface area contributed by atoms with Crippen LogP contribution in [0.4, 0.5) is 0 Å². The van der Waals surface area contributed by atoms with Crippen LogP contribution in [0.2, 0.25) is 5.02 Å². The normalized spacial score (nSPS) is 12.7. The molecular weight excluding hydrogens is 230 g/mol. The van der Waals surface area contributed by atoms with Crippen molar-refractivity contribution in [1.29, 1.82) is 0 Å². The highest BCUT2D eigenvalue weighted by Crippen LogP contribution is 2.21. The molecule has 0 radical (unpaired) electrons. The van der Waals surface area contributed by atoms with E-state index in [1.165, 1.54) is 4.90 Å². The Labute approximate surface area is 100 Å². The molecule has 0 bridgehead atoms. The van der Waals surface area contributed by atoms with Crippen LogP contribution in [0.15, 0.2) is 29.2 Å². The lowest BCUT2D eigenvalue weighted by atomic mass is 10.4. The van der Waals surface area contributed by atoms with Gasteiger partial charge in [0, 0.05) is 28.8 Å². The van der Waals surface area contributed by atoms with E-state index in [2.05, 4.69) is 0 Å². The van der Waals surface area contributed by atoms with Gasteiger partial charge in [-0.3, -0.25) is 0 Å². The quantitative estimate of drug-likeness (QED) is 0.783. The number of hydrogen-bond donors (Lipinski definition) is 1. The Kier molecular flexibility index (Phi) is 6.10.